The zero-order valence-corrected chi connectivity index (χ0v) is 18.0. The van der Waals surface area contributed by atoms with Gasteiger partial charge in [0.1, 0.15) is 5.56 Å². The second kappa shape index (κ2) is 8.34. The zero-order chi connectivity index (χ0) is 20.4. The molecular weight excluding hydrogens is 466 g/mol. The van der Waals surface area contributed by atoms with Crippen molar-refractivity contribution < 1.29 is 24.2 Å². The van der Waals surface area contributed by atoms with Crippen molar-refractivity contribution in [2.24, 2.45) is 0 Å². The number of methoxy groups -OCH3 is 2. The summed E-state index contributed by atoms with van der Waals surface area (Å²) in [6.45, 7) is 0. The fourth-order valence-electron chi connectivity index (χ4n) is 2.73. The van der Waals surface area contributed by atoms with Gasteiger partial charge in [-0.1, -0.05) is 42.2 Å². The quantitative estimate of drug-likeness (QED) is 0.496. The van der Waals surface area contributed by atoms with Gasteiger partial charge in [0.15, 0.2) is 15.8 Å². The van der Waals surface area contributed by atoms with Gasteiger partial charge in [-0.25, -0.2) is 4.79 Å². The van der Waals surface area contributed by atoms with Crippen molar-refractivity contribution in [3.05, 3.63) is 56.9 Å². The smallest absolute Gasteiger partial charge is 0.340 e. The summed E-state index contributed by atoms with van der Waals surface area (Å²) < 4.78 is 11.5. The number of aromatic carboxylic acids is 1. The van der Waals surface area contributed by atoms with Crippen LogP contribution in [-0.4, -0.2) is 35.5 Å². The molecule has 6 nitrogen and oxygen atoms in total. The molecule has 0 unspecified atom stereocenters. The molecule has 0 aliphatic carbocycles. The van der Waals surface area contributed by atoms with E-state index in [-0.39, 0.29) is 23.0 Å². The Balaban J connectivity index is 2.08. The van der Waals surface area contributed by atoms with E-state index in [2.05, 4.69) is 15.9 Å². The molecule has 1 aliphatic rings. The van der Waals surface area contributed by atoms with E-state index in [1.54, 1.807) is 24.3 Å². The van der Waals surface area contributed by atoms with Crippen molar-refractivity contribution >= 4 is 67.9 Å². The van der Waals surface area contributed by atoms with Gasteiger partial charge in [0.25, 0.3) is 5.91 Å². The molecule has 1 fully saturated rings. The van der Waals surface area contributed by atoms with E-state index >= 15 is 0 Å². The Morgan fingerprint density at radius 3 is 2.54 bits per heavy atom. The first kappa shape index (κ1) is 20.4. The third-order valence-electron chi connectivity index (χ3n) is 3.97. The SMILES string of the molecule is COc1ccc(/C=C2/SC(=S)N(c3ccccc3Br)C2=O)c(C(=O)O)c1OC. The average Bonchev–Trinajstić information content (AvgIpc) is 2.94. The minimum Gasteiger partial charge on any atom is -0.493 e. The highest BCUT2D eigenvalue weighted by Crippen LogP contribution is 2.40. The van der Waals surface area contributed by atoms with Crippen molar-refractivity contribution in [3.8, 4) is 11.5 Å². The Morgan fingerprint density at radius 2 is 1.93 bits per heavy atom. The molecule has 144 valence electrons. The third kappa shape index (κ3) is 3.65. The topological polar surface area (TPSA) is 76.1 Å². The molecule has 3 rings (SSSR count). The lowest BCUT2D eigenvalue weighted by Gasteiger charge is -2.16. The molecule has 0 radical (unpaired) electrons. The van der Waals surface area contributed by atoms with E-state index in [1.165, 1.54) is 25.2 Å². The number of hydrogen-bond acceptors (Lipinski definition) is 6. The average molecular weight is 480 g/mol. The minimum absolute atomic E-state index is 0.0880. The highest BCUT2D eigenvalue weighted by molar-refractivity contribution is 9.10. The molecule has 1 heterocycles. The molecule has 2 aromatic carbocycles. The largest absolute Gasteiger partial charge is 0.493 e. The number of benzene rings is 2. The molecule has 1 aliphatic heterocycles. The van der Waals surface area contributed by atoms with Crippen molar-refractivity contribution in [2.45, 2.75) is 0 Å². The van der Waals surface area contributed by atoms with Gasteiger partial charge in [0.2, 0.25) is 0 Å². The van der Waals surface area contributed by atoms with E-state index in [0.29, 0.717) is 20.5 Å². The number of halogens is 1. The molecule has 0 spiro atoms. The number of thiocarbonyl (C=S) groups is 1. The lowest BCUT2D eigenvalue weighted by Crippen LogP contribution is -2.27. The first-order valence-corrected chi connectivity index (χ1v) is 9.91. The van der Waals surface area contributed by atoms with E-state index in [9.17, 15) is 14.7 Å². The number of amides is 1. The van der Waals surface area contributed by atoms with Gasteiger partial charge in [-0.2, -0.15) is 0 Å². The number of nitrogens with zero attached hydrogens (tertiary/aromatic N) is 1. The summed E-state index contributed by atoms with van der Waals surface area (Å²) in [6.07, 6.45) is 1.50. The Kier molecular flexibility index (Phi) is 6.07. The number of rotatable bonds is 5. The van der Waals surface area contributed by atoms with Crippen LogP contribution in [0.5, 0.6) is 11.5 Å². The summed E-state index contributed by atoms with van der Waals surface area (Å²) in [5.74, 6) is -1.14. The van der Waals surface area contributed by atoms with Crippen LogP contribution in [0.4, 0.5) is 5.69 Å². The summed E-state index contributed by atoms with van der Waals surface area (Å²) in [7, 11) is 2.78. The summed E-state index contributed by atoms with van der Waals surface area (Å²) in [6, 6.07) is 10.4. The predicted molar refractivity (Wildman–Crippen MR) is 116 cm³/mol. The van der Waals surface area contributed by atoms with Gasteiger partial charge in [-0.3, -0.25) is 9.69 Å². The van der Waals surface area contributed by atoms with Crippen LogP contribution in [-0.2, 0) is 4.79 Å². The van der Waals surface area contributed by atoms with Crippen LogP contribution in [0.25, 0.3) is 6.08 Å². The summed E-state index contributed by atoms with van der Waals surface area (Å²) in [5, 5.41) is 9.66. The van der Waals surface area contributed by atoms with Crippen molar-refractivity contribution in [1.29, 1.82) is 0 Å². The highest BCUT2D eigenvalue weighted by Gasteiger charge is 2.34. The van der Waals surface area contributed by atoms with Crippen LogP contribution in [0.2, 0.25) is 0 Å². The van der Waals surface area contributed by atoms with Crippen LogP contribution in [0, 0.1) is 0 Å². The molecule has 0 atom stereocenters. The number of carbonyl (C=O) groups is 2. The normalized spacial score (nSPS) is 15.2. The van der Waals surface area contributed by atoms with Crippen molar-refractivity contribution in [1.82, 2.24) is 0 Å². The van der Waals surface area contributed by atoms with Gasteiger partial charge in [-0.15, -0.1) is 0 Å². The summed E-state index contributed by atoms with van der Waals surface area (Å²) in [5.41, 5.74) is 0.852. The Labute approximate surface area is 179 Å². The maximum Gasteiger partial charge on any atom is 0.340 e. The van der Waals surface area contributed by atoms with Crippen LogP contribution in [0.15, 0.2) is 45.8 Å². The molecule has 0 aromatic heterocycles. The monoisotopic (exact) mass is 479 g/mol. The number of para-hydroxylation sites is 1. The molecule has 0 bridgehead atoms. The second-order valence-corrected chi connectivity index (χ2v) is 8.07. The number of carboxylic acids is 1. The van der Waals surface area contributed by atoms with Gasteiger partial charge < -0.3 is 14.6 Å². The zero-order valence-electron chi connectivity index (χ0n) is 14.8. The number of thioether (sulfide) groups is 1. The standard InChI is InChI=1S/C19H14BrNO5S2/c1-25-13-8-7-10(15(18(23)24)16(13)26-2)9-14-17(22)21(19(27)28-14)12-6-4-3-5-11(12)20/h3-9H,1-2H3,(H,23,24)/b14-9+. The first-order chi connectivity index (χ1) is 13.4. The van der Waals surface area contributed by atoms with Gasteiger partial charge in [-0.05, 0) is 45.8 Å². The molecular formula is C19H14BrNO5S2. The maximum atomic E-state index is 13.0. The summed E-state index contributed by atoms with van der Waals surface area (Å²) in [4.78, 5) is 26.5. The second-order valence-electron chi connectivity index (χ2n) is 5.54. The van der Waals surface area contributed by atoms with Crippen molar-refractivity contribution in [3.63, 3.8) is 0 Å². The maximum absolute atomic E-state index is 13.0. The third-order valence-corrected chi connectivity index (χ3v) is 5.94. The van der Waals surface area contributed by atoms with Crippen LogP contribution in [0.3, 0.4) is 0 Å². The van der Waals surface area contributed by atoms with E-state index in [4.69, 9.17) is 21.7 Å². The lowest BCUT2D eigenvalue weighted by atomic mass is 10.0. The van der Waals surface area contributed by atoms with Crippen molar-refractivity contribution in [2.75, 3.05) is 19.1 Å². The fourth-order valence-corrected chi connectivity index (χ4v) is 4.47. The van der Waals surface area contributed by atoms with Gasteiger partial charge in [0.05, 0.1) is 24.8 Å². The molecule has 2 aromatic rings. The molecule has 1 saturated heterocycles. The fraction of sp³-hybridized carbons (Fsp3) is 0.105. The van der Waals surface area contributed by atoms with Crippen LogP contribution >= 0.6 is 39.9 Å². The number of anilines is 1. The molecule has 0 saturated carbocycles. The first-order valence-electron chi connectivity index (χ1n) is 7.89. The van der Waals surface area contributed by atoms with E-state index in [0.717, 1.165) is 16.2 Å². The van der Waals surface area contributed by atoms with Gasteiger partial charge in [0, 0.05) is 4.47 Å². The summed E-state index contributed by atoms with van der Waals surface area (Å²) >= 11 is 9.90. The molecule has 9 heteroatoms. The Bertz CT molecular complexity index is 1020. The minimum atomic E-state index is -1.19. The molecule has 28 heavy (non-hydrogen) atoms. The molecule has 1 N–H and O–H groups in total. The van der Waals surface area contributed by atoms with E-state index < -0.39 is 5.97 Å². The number of hydrogen-bond donors (Lipinski definition) is 1. The number of carboxylic acid groups (broad SMARTS) is 1. The Morgan fingerprint density at radius 1 is 1.21 bits per heavy atom. The number of carbonyl (C=O) groups excluding carboxylic acids is 1. The lowest BCUT2D eigenvalue weighted by molar-refractivity contribution is -0.113. The number of ether oxygens (including phenoxy) is 2. The predicted octanol–water partition coefficient (Wildman–Crippen LogP) is 4.57. The molecule has 1 amide bonds. The Hall–Kier alpha value is -2.36. The van der Waals surface area contributed by atoms with Crippen LogP contribution in [0.1, 0.15) is 15.9 Å². The van der Waals surface area contributed by atoms with E-state index in [1.807, 2.05) is 12.1 Å². The highest BCUT2D eigenvalue weighted by atomic mass is 79.9. The van der Waals surface area contributed by atoms with Gasteiger partial charge >= 0.3 is 5.97 Å². The van der Waals surface area contributed by atoms with Crippen LogP contribution < -0.4 is 14.4 Å².